The van der Waals surface area contributed by atoms with Gasteiger partial charge < -0.3 is 9.52 Å². The highest BCUT2D eigenvalue weighted by Crippen LogP contribution is 2.34. The summed E-state index contributed by atoms with van der Waals surface area (Å²) in [6.07, 6.45) is 1.56. The van der Waals surface area contributed by atoms with E-state index in [1.807, 2.05) is 13.0 Å². The Kier molecular flexibility index (Phi) is 2.93. The Labute approximate surface area is 106 Å². The summed E-state index contributed by atoms with van der Waals surface area (Å²) >= 11 is 0. The number of rotatable bonds is 2. The lowest BCUT2D eigenvalue weighted by Gasteiger charge is -2.19. The van der Waals surface area contributed by atoms with Crippen LogP contribution in [0.1, 0.15) is 37.5 Å². The van der Waals surface area contributed by atoms with Crippen LogP contribution in [0.2, 0.25) is 0 Å². The van der Waals surface area contributed by atoms with Crippen LogP contribution in [0.3, 0.4) is 0 Å². The van der Waals surface area contributed by atoms with E-state index in [1.165, 1.54) is 0 Å². The third-order valence-corrected chi connectivity index (χ3v) is 3.05. The Morgan fingerprint density at radius 2 is 2.00 bits per heavy atom. The fourth-order valence-electron chi connectivity index (χ4n) is 2.19. The predicted molar refractivity (Wildman–Crippen MR) is 71.0 cm³/mol. The van der Waals surface area contributed by atoms with Crippen molar-refractivity contribution in [3.63, 3.8) is 0 Å². The Balaban J connectivity index is 2.69. The molecule has 0 saturated heterocycles. The summed E-state index contributed by atoms with van der Waals surface area (Å²) in [4.78, 5) is 10.8. The molecule has 0 aliphatic carbocycles. The second-order valence-corrected chi connectivity index (χ2v) is 5.77. The number of furan rings is 1. The molecule has 0 bridgehead atoms. The fraction of sp³-hybridized carbons (Fsp3) is 0.400. The Morgan fingerprint density at radius 3 is 2.56 bits per heavy atom. The Bertz CT molecular complexity index is 600. The van der Waals surface area contributed by atoms with Crippen LogP contribution < -0.4 is 0 Å². The van der Waals surface area contributed by atoms with Crippen LogP contribution in [0.15, 0.2) is 22.8 Å². The number of carboxylic acids is 1. The molecule has 0 aliphatic rings. The summed E-state index contributed by atoms with van der Waals surface area (Å²) in [5.74, 6) is -0.837. The van der Waals surface area contributed by atoms with Gasteiger partial charge in [0.15, 0.2) is 0 Å². The third-order valence-electron chi connectivity index (χ3n) is 3.05. The van der Waals surface area contributed by atoms with E-state index in [1.54, 1.807) is 6.26 Å². The van der Waals surface area contributed by atoms with Crippen LogP contribution >= 0.6 is 0 Å². The number of aliphatic carboxylic acids is 1. The van der Waals surface area contributed by atoms with E-state index < -0.39 is 5.97 Å². The van der Waals surface area contributed by atoms with Gasteiger partial charge in [-0.25, -0.2) is 0 Å². The number of hydrogen-bond acceptors (Lipinski definition) is 2. The zero-order valence-corrected chi connectivity index (χ0v) is 11.2. The first kappa shape index (κ1) is 12.7. The van der Waals surface area contributed by atoms with Crippen molar-refractivity contribution < 1.29 is 14.3 Å². The normalized spacial score (nSPS) is 12.0. The van der Waals surface area contributed by atoms with Crippen LogP contribution in [0.5, 0.6) is 0 Å². The topological polar surface area (TPSA) is 50.4 Å². The highest BCUT2D eigenvalue weighted by atomic mass is 16.4. The molecule has 0 radical (unpaired) electrons. The Hall–Kier alpha value is -1.77. The van der Waals surface area contributed by atoms with Crippen molar-refractivity contribution in [2.24, 2.45) is 0 Å². The molecule has 96 valence electrons. The smallest absolute Gasteiger partial charge is 0.307 e. The third kappa shape index (κ3) is 2.26. The second kappa shape index (κ2) is 4.16. The summed E-state index contributed by atoms with van der Waals surface area (Å²) in [5.41, 5.74) is 3.77. The summed E-state index contributed by atoms with van der Waals surface area (Å²) in [7, 11) is 0. The van der Waals surface area contributed by atoms with E-state index in [9.17, 15) is 4.79 Å². The van der Waals surface area contributed by atoms with Crippen molar-refractivity contribution in [2.45, 2.75) is 39.5 Å². The van der Waals surface area contributed by atoms with Gasteiger partial charge in [-0.15, -0.1) is 0 Å². The minimum absolute atomic E-state index is 0.0000359. The molecule has 3 nitrogen and oxygen atoms in total. The summed E-state index contributed by atoms with van der Waals surface area (Å²) < 4.78 is 5.60. The number of carbonyl (C=O) groups is 1. The van der Waals surface area contributed by atoms with Gasteiger partial charge in [-0.05, 0) is 24.0 Å². The molecule has 0 saturated carbocycles. The van der Waals surface area contributed by atoms with Crippen molar-refractivity contribution in [3.05, 3.63) is 35.1 Å². The van der Waals surface area contributed by atoms with Gasteiger partial charge in [-0.3, -0.25) is 4.79 Å². The lowest BCUT2D eigenvalue weighted by molar-refractivity contribution is -0.136. The minimum Gasteiger partial charge on any atom is -0.481 e. The predicted octanol–water partition coefficient (Wildman–Crippen LogP) is 3.67. The van der Waals surface area contributed by atoms with Crippen LogP contribution in [0, 0.1) is 6.92 Å². The molecule has 0 aliphatic heterocycles. The van der Waals surface area contributed by atoms with Crippen molar-refractivity contribution in [1.82, 2.24) is 0 Å². The van der Waals surface area contributed by atoms with Gasteiger partial charge in [0.2, 0.25) is 0 Å². The lowest BCUT2D eigenvalue weighted by atomic mass is 9.84. The molecule has 0 unspecified atom stereocenters. The average molecular weight is 246 g/mol. The van der Waals surface area contributed by atoms with Crippen LogP contribution in [-0.4, -0.2) is 11.1 Å². The quantitative estimate of drug-likeness (QED) is 0.879. The SMILES string of the molecule is Cc1cc(C(C)(C)C)c2occ(CC(=O)O)c2c1. The van der Waals surface area contributed by atoms with Crippen molar-refractivity contribution in [3.8, 4) is 0 Å². The number of benzene rings is 1. The summed E-state index contributed by atoms with van der Waals surface area (Å²) in [6, 6.07) is 4.10. The lowest BCUT2D eigenvalue weighted by Crippen LogP contribution is -2.11. The summed E-state index contributed by atoms with van der Waals surface area (Å²) in [6.45, 7) is 8.40. The van der Waals surface area contributed by atoms with Gasteiger partial charge in [-0.2, -0.15) is 0 Å². The van der Waals surface area contributed by atoms with Gasteiger partial charge >= 0.3 is 5.97 Å². The van der Waals surface area contributed by atoms with E-state index in [4.69, 9.17) is 9.52 Å². The fourth-order valence-corrected chi connectivity index (χ4v) is 2.19. The second-order valence-electron chi connectivity index (χ2n) is 5.77. The number of carboxylic acid groups (broad SMARTS) is 1. The first-order chi connectivity index (χ1) is 8.29. The Morgan fingerprint density at radius 1 is 1.33 bits per heavy atom. The highest BCUT2D eigenvalue weighted by molar-refractivity contribution is 5.88. The van der Waals surface area contributed by atoms with Gasteiger partial charge in [0, 0.05) is 16.5 Å². The number of hydrogen-bond donors (Lipinski definition) is 1. The summed E-state index contributed by atoms with van der Waals surface area (Å²) in [5, 5.41) is 9.82. The average Bonchev–Trinajstić information content (AvgIpc) is 2.58. The maximum atomic E-state index is 10.8. The zero-order valence-electron chi connectivity index (χ0n) is 11.2. The molecule has 2 rings (SSSR count). The van der Waals surface area contributed by atoms with Gasteiger partial charge in [0.25, 0.3) is 0 Å². The monoisotopic (exact) mass is 246 g/mol. The van der Waals surface area contributed by atoms with Gasteiger partial charge in [0.1, 0.15) is 5.58 Å². The molecule has 1 N–H and O–H groups in total. The number of aryl methyl sites for hydroxylation is 1. The molecule has 1 aromatic carbocycles. The molecule has 1 heterocycles. The highest BCUT2D eigenvalue weighted by Gasteiger charge is 2.21. The minimum atomic E-state index is -0.837. The molecular formula is C15H18O3. The molecule has 3 heteroatoms. The molecule has 2 aromatic rings. The largest absolute Gasteiger partial charge is 0.481 e. The van der Waals surface area contributed by atoms with E-state index in [0.717, 1.165) is 27.7 Å². The molecular weight excluding hydrogens is 228 g/mol. The maximum absolute atomic E-state index is 10.8. The zero-order chi connectivity index (χ0) is 13.5. The number of fused-ring (bicyclic) bond motifs is 1. The van der Waals surface area contributed by atoms with Gasteiger partial charge in [0.05, 0.1) is 12.7 Å². The standard InChI is InChI=1S/C15H18O3/c1-9-5-11-10(7-13(16)17)8-18-14(11)12(6-9)15(2,3)4/h5-6,8H,7H2,1-4H3,(H,16,17). The van der Waals surface area contributed by atoms with E-state index in [0.29, 0.717) is 0 Å². The van der Waals surface area contributed by atoms with E-state index >= 15 is 0 Å². The first-order valence-corrected chi connectivity index (χ1v) is 6.02. The molecule has 0 atom stereocenters. The maximum Gasteiger partial charge on any atom is 0.307 e. The first-order valence-electron chi connectivity index (χ1n) is 6.02. The van der Waals surface area contributed by atoms with Crippen LogP contribution in [0.4, 0.5) is 0 Å². The van der Waals surface area contributed by atoms with Crippen molar-refractivity contribution >= 4 is 16.9 Å². The van der Waals surface area contributed by atoms with E-state index in [-0.39, 0.29) is 11.8 Å². The molecule has 0 spiro atoms. The molecule has 0 fully saturated rings. The van der Waals surface area contributed by atoms with Gasteiger partial charge in [-0.1, -0.05) is 26.8 Å². The molecule has 18 heavy (non-hydrogen) atoms. The van der Waals surface area contributed by atoms with Crippen LogP contribution in [0.25, 0.3) is 11.0 Å². The van der Waals surface area contributed by atoms with E-state index in [2.05, 4.69) is 26.8 Å². The van der Waals surface area contributed by atoms with Crippen molar-refractivity contribution in [2.75, 3.05) is 0 Å². The molecule has 1 aromatic heterocycles. The molecule has 0 amide bonds. The van der Waals surface area contributed by atoms with Crippen LogP contribution in [-0.2, 0) is 16.6 Å². The van der Waals surface area contributed by atoms with Crippen molar-refractivity contribution in [1.29, 1.82) is 0 Å².